The Morgan fingerprint density at radius 2 is 1.85 bits per heavy atom. The fraction of sp³-hybridized carbons (Fsp3) is 0.818. The van der Waals surface area contributed by atoms with Crippen molar-refractivity contribution in [1.29, 1.82) is 0 Å². The first-order chi connectivity index (χ1) is 8.94. The number of carbonyl (C=O) groups is 2. The molecule has 0 bridgehead atoms. The molecule has 1 atom stereocenters. The van der Waals surface area contributed by atoms with Gasteiger partial charge in [-0.15, -0.1) is 0 Å². The molecule has 0 radical (unpaired) electrons. The third kappa shape index (κ3) is 9.90. The SMILES string of the molecule is CSCC[C@H](NC(=O)OC(C)(C)C)C(=O)NS(C)(=O)=O. The van der Waals surface area contributed by atoms with E-state index < -0.39 is 33.7 Å². The van der Waals surface area contributed by atoms with Gasteiger partial charge in [-0.1, -0.05) is 0 Å². The fourth-order valence-corrected chi connectivity index (χ4v) is 2.19. The van der Waals surface area contributed by atoms with Gasteiger partial charge >= 0.3 is 6.09 Å². The number of rotatable bonds is 6. The van der Waals surface area contributed by atoms with Crippen LogP contribution in [-0.4, -0.2) is 50.3 Å². The Hall–Kier alpha value is -0.960. The van der Waals surface area contributed by atoms with E-state index in [9.17, 15) is 18.0 Å². The molecule has 0 aliphatic rings. The van der Waals surface area contributed by atoms with Gasteiger partial charge in [0.15, 0.2) is 0 Å². The van der Waals surface area contributed by atoms with Crippen molar-refractivity contribution in [3.05, 3.63) is 0 Å². The maximum Gasteiger partial charge on any atom is 0.408 e. The number of carbonyl (C=O) groups excluding carboxylic acids is 2. The Bertz CT molecular complexity index is 442. The van der Waals surface area contributed by atoms with E-state index in [1.165, 1.54) is 11.8 Å². The number of sulfonamides is 1. The molecule has 9 heteroatoms. The molecule has 2 N–H and O–H groups in total. The van der Waals surface area contributed by atoms with E-state index in [0.29, 0.717) is 12.2 Å². The van der Waals surface area contributed by atoms with Crippen LogP contribution in [0.25, 0.3) is 0 Å². The first-order valence-electron chi connectivity index (χ1n) is 5.94. The number of alkyl carbamates (subject to hydrolysis) is 1. The second kappa shape index (κ2) is 7.72. The predicted molar refractivity (Wildman–Crippen MR) is 79.1 cm³/mol. The summed E-state index contributed by atoms with van der Waals surface area (Å²) in [6.45, 7) is 5.08. The molecule has 0 spiro atoms. The van der Waals surface area contributed by atoms with Gasteiger partial charge in [-0.25, -0.2) is 13.2 Å². The van der Waals surface area contributed by atoms with Crippen molar-refractivity contribution in [2.45, 2.75) is 38.8 Å². The van der Waals surface area contributed by atoms with Crippen LogP contribution in [0.2, 0.25) is 0 Å². The minimum absolute atomic E-state index is 0.307. The molecule has 2 amide bonds. The molecule has 0 aromatic carbocycles. The molecule has 0 aromatic heterocycles. The van der Waals surface area contributed by atoms with Gasteiger partial charge in [-0.05, 0) is 39.2 Å². The number of hydrogen-bond acceptors (Lipinski definition) is 6. The minimum atomic E-state index is -3.66. The predicted octanol–water partition coefficient (Wildman–Crippen LogP) is 0.709. The van der Waals surface area contributed by atoms with Crippen LogP contribution in [0.5, 0.6) is 0 Å². The zero-order valence-electron chi connectivity index (χ0n) is 12.3. The lowest BCUT2D eigenvalue weighted by Gasteiger charge is -2.23. The van der Waals surface area contributed by atoms with Crippen LogP contribution >= 0.6 is 11.8 Å². The standard InChI is InChI=1S/C11H22N2O5S2/c1-11(2,3)18-10(15)12-8(6-7-19-4)9(14)13-20(5,16)17/h8H,6-7H2,1-5H3,(H,12,15)(H,13,14)/t8-/m0/s1. The number of hydrogen-bond donors (Lipinski definition) is 2. The third-order valence-corrected chi connectivity index (χ3v) is 3.12. The number of thioether (sulfide) groups is 1. The monoisotopic (exact) mass is 326 g/mol. The highest BCUT2D eigenvalue weighted by Gasteiger charge is 2.25. The fourth-order valence-electron chi connectivity index (χ4n) is 1.21. The number of ether oxygens (including phenoxy) is 1. The van der Waals surface area contributed by atoms with E-state index in [1.54, 1.807) is 20.8 Å². The lowest BCUT2D eigenvalue weighted by Crippen LogP contribution is -2.49. The molecule has 0 aromatic rings. The van der Waals surface area contributed by atoms with Gasteiger partial charge < -0.3 is 10.1 Å². The smallest absolute Gasteiger partial charge is 0.408 e. The van der Waals surface area contributed by atoms with Crippen molar-refractivity contribution in [3.8, 4) is 0 Å². The Morgan fingerprint density at radius 3 is 2.25 bits per heavy atom. The molecule has 0 saturated heterocycles. The van der Waals surface area contributed by atoms with Crippen LogP contribution in [0.1, 0.15) is 27.2 Å². The minimum Gasteiger partial charge on any atom is -0.444 e. The van der Waals surface area contributed by atoms with Gasteiger partial charge in [0.25, 0.3) is 5.91 Å². The first kappa shape index (κ1) is 19.0. The topological polar surface area (TPSA) is 102 Å². The highest BCUT2D eigenvalue weighted by Crippen LogP contribution is 2.08. The molecular formula is C11H22N2O5S2. The lowest BCUT2D eigenvalue weighted by molar-refractivity contribution is -0.121. The lowest BCUT2D eigenvalue weighted by atomic mass is 10.2. The molecular weight excluding hydrogens is 304 g/mol. The number of nitrogens with one attached hydrogen (secondary N) is 2. The van der Waals surface area contributed by atoms with E-state index in [1.807, 2.05) is 11.0 Å². The first-order valence-corrected chi connectivity index (χ1v) is 9.23. The Morgan fingerprint density at radius 1 is 1.30 bits per heavy atom. The Balaban J connectivity index is 4.72. The summed E-state index contributed by atoms with van der Waals surface area (Å²) in [5.41, 5.74) is -0.693. The summed E-state index contributed by atoms with van der Waals surface area (Å²) in [6, 6.07) is -0.952. The average Bonchev–Trinajstić information content (AvgIpc) is 2.18. The number of amides is 2. The van der Waals surface area contributed by atoms with Crippen molar-refractivity contribution in [2.24, 2.45) is 0 Å². The maximum atomic E-state index is 11.8. The zero-order valence-corrected chi connectivity index (χ0v) is 14.0. The quantitative estimate of drug-likeness (QED) is 0.745. The van der Waals surface area contributed by atoms with Gasteiger partial charge in [0, 0.05) is 0 Å². The van der Waals surface area contributed by atoms with Crippen molar-refractivity contribution in [1.82, 2.24) is 10.0 Å². The Kier molecular flexibility index (Phi) is 7.35. The van der Waals surface area contributed by atoms with Crippen LogP contribution in [0.15, 0.2) is 0 Å². The van der Waals surface area contributed by atoms with Gasteiger partial charge in [-0.3, -0.25) is 9.52 Å². The normalized spacial score (nSPS) is 13.4. The molecule has 0 aliphatic heterocycles. The van der Waals surface area contributed by atoms with Crippen molar-refractivity contribution in [3.63, 3.8) is 0 Å². The summed E-state index contributed by atoms with van der Waals surface area (Å²) in [4.78, 5) is 23.4. The van der Waals surface area contributed by atoms with Crippen LogP contribution < -0.4 is 10.0 Å². The molecule has 7 nitrogen and oxygen atoms in total. The molecule has 0 heterocycles. The van der Waals surface area contributed by atoms with Crippen LogP contribution in [0.3, 0.4) is 0 Å². The second-order valence-electron chi connectivity index (χ2n) is 5.22. The summed E-state index contributed by atoms with van der Waals surface area (Å²) in [7, 11) is -3.66. The molecule has 0 rings (SSSR count). The Labute approximate surface area is 124 Å². The summed E-state index contributed by atoms with van der Waals surface area (Å²) in [5.74, 6) is -0.176. The summed E-state index contributed by atoms with van der Waals surface area (Å²) >= 11 is 1.48. The van der Waals surface area contributed by atoms with E-state index in [-0.39, 0.29) is 0 Å². The second-order valence-corrected chi connectivity index (χ2v) is 7.95. The van der Waals surface area contributed by atoms with Gasteiger partial charge in [-0.2, -0.15) is 11.8 Å². The largest absolute Gasteiger partial charge is 0.444 e. The van der Waals surface area contributed by atoms with Crippen molar-refractivity contribution < 1.29 is 22.7 Å². The summed E-state index contributed by atoms with van der Waals surface area (Å²) < 4.78 is 29.0. The molecule has 0 unspecified atom stereocenters. The van der Waals surface area contributed by atoms with E-state index in [0.717, 1.165) is 6.26 Å². The van der Waals surface area contributed by atoms with E-state index in [2.05, 4.69) is 5.32 Å². The maximum absolute atomic E-state index is 11.8. The van der Waals surface area contributed by atoms with E-state index in [4.69, 9.17) is 4.74 Å². The molecule has 0 aliphatic carbocycles. The van der Waals surface area contributed by atoms with Crippen LogP contribution in [0.4, 0.5) is 4.79 Å². The zero-order chi connectivity index (χ0) is 16.0. The molecule has 118 valence electrons. The summed E-state index contributed by atoms with van der Waals surface area (Å²) in [6.07, 6.45) is 2.28. The van der Waals surface area contributed by atoms with Crippen LogP contribution in [-0.2, 0) is 19.6 Å². The molecule has 20 heavy (non-hydrogen) atoms. The molecule has 0 fully saturated rings. The van der Waals surface area contributed by atoms with Gasteiger partial charge in [0.1, 0.15) is 11.6 Å². The average molecular weight is 326 g/mol. The van der Waals surface area contributed by atoms with E-state index >= 15 is 0 Å². The molecule has 0 saturated carbocycles. The van der Waals surface area contributed by atoms with Gasteiger partial charge in [0.05, 0.1) is 6.26 Å². The van der Waals surface area contributed by atoms with Crippen LogP contribution in [0, 0.1) is 0 Å². The highest BCUT2D eigenvalue weighted by atomic mass is 32.2. The van der Waals surface area contributed by atoms with Crippen molar-refractivity contribution >= 4 is 33.8 Å². The van der Waals surface area contributed by atoms with Crippen molar-refractivity contribution in [2.75, 3.05) is 18.3 Å². The van der Waals surface area contributed by atoms with Gasteiger partial charge in [0.2, 0.25) is 10.0 Å². The highest BCUT2D eigenvalue weighted by molar-refractivity contribution is 7.98. The summed E-state index contributed by atoms with van der Waals surface area (Å²) in [5, 5.41) is 2.38. The third-order valence-electron chi connectivity index (χ3n) is 1.90.